The van der Waals surface area contributed by atoms with Crippen molar-refractivity contribution in [3.63, 3.8) is 0 Å². The average molecular weight is 371 g/mol. The van der Waals surface area contributed by atoms with Crippen LogP contribution >= 0.6 is 15.9 Å². The molecule has 0 saturated carbocycles. The van der Waals surface area contributed by atoms with Crippen LogP contribution in [0, 0.1) is 6.92 Å². The molecule has 0 heterocycles. The first-order chi connectivity index (χ1) is 9.85. The first-order valence-corrected chi connectivity index (χ1v) is 8.34. The molecule has 21 heavy (non-hydrogen) atoms. The number of ether oxygens (including phenoxy) is 1. The molecule has 2 rings (SSSR count). The first kappa shape index (κ1) is 15.7. The van der Waals surface area contributed by atoms with Crippen LogP contribution in [0.3, 0.4) is 0 Å². The highest BCUT2D eigenvalue weighted by molar-refractivity contribution is 9.10. The number of nitrogens with one attached hydrogen (secondary N) is 1. The molecule has 0 unspecified atom stereocenters. The molecule has 7 heteroatoms. The third-order valence-corrected chi connectivity index (χ3v) is 5.37. The first-order valence-electron chi connectivity index (χ1n) is 6.06. The molecule has 0 spiro atoms. The number of sulfonamides is 1. The van der Waals surface area contributed by atoms with Gasteiger partial charge in [-0.05, 0) is 46.6 Å². The summed E-state index contributed by atoms with van der Waals surface area (Å²) in [6, 6.07) is 9.74. The zero-order chi connectivity index (χ0) is 15.6. The van der Waals surface area contributed by atoms with Crippen molar-refractivity contribution >= 4 is 37.3 Å². The summed E-state index contributed by atoms with van der Waals surface area (Å²) < 4.78 is 33.3. The Morgan fingerprint density at radius 2 is 1.95 bits per heavy atom. The molecule has 0 bridgehead atoms. The van der Waals surface area contributed by atoms with Gasteiger partial charge >= 0.3 is 0 Å². The van der Waals surface area contributed by atoms with Gasteiger partial charge in [-0.2, -0.15) is 0 Å². The minimum Gasteiger partial charge on any atom is -0.495 e. The van der Waals surface area contributed by atoms with Crippen LogP contribution in [0.5, 0.6) is 5.75 Å². The molecule has 0 fully saturated rings. The van der Waals surface area contributed by atoms with Gasteiger partial charge in [0, 0.05) is 16.2 Å². The highest BCUT2D eigenvalue weighted by atomic mass is 79.9. The number of hydrogen-bond donors (Lipinski definition) is 2. The van der Waals surface area contributed by atoms with Crippen LogP contribution in [0.4, 0.5) is 11.4 Å². The van der Waals surface area contributed by atoms with Gasteiger partial charge in [0.2, 0.25) is 0 Å². The maximum Gasteiger partial charge on any atom is 0.265 e. The van der Waals surface area contributed by atoms with Crippen LogP contribution in [-0.4, -0.2) is 15.5 Å². The number of benzene rings is 2. The minimum atomic E-state index is -3.77. The topological polar surface area (TPSA) is 81.4 Å². The predicted octanol–water partition coefficient (Wildman–Crippen LogP) is 3.15. The minimum absolute atomic E-state index is 0.0348. The number of aryl methyl sites for hydroxylation is 1. The van der Waals surface area contributed by atoms with Crippen LogP contribution in [0.25, 0.3) is 0 Å². The van der Waals surface area contributed by atoms with Crippen LogP contribution in [0.15, 0.2) is 45.8 Å². The summed E-state index contributed by atoms with van der Waals surface area (Å²) in [4.78, 5) is 0.0348. The molecule has 5 nitrogen and oxygen atoms in total. The molecular weight excluding hydrogens is 356 g/mol. The quantitative estimate of drug-likeness (QED) is 0.809. The van der Waals surface area contributed by atoms with E-state index in [0.29, 0.717) is 15.8 Å². The van der Waals surface area contributed by atoms with Gasteiger partial charge in [0.25, 0.3) is 10.0 Å². The van der Waals surface area contributed by atoms with Gasteiger partial charge < -0.3 is 10.5 Å². The smallest absolute Gasteiger partial charge is 0.265 e. The van der Waals surface area contributed by atoms with Crippen molar-refractivity contribution in [2.24, 2.45) is 0 Å². The van der Waals surface area contributed by atoms with Gasteiger partial charge in [0.15, 0.2) is 0 Å². The molecule has 0 aliphatic heterocycles. The molecule has 2 aromatic rings. The fourth-order valence-electron chi connectivity index (χ4n) is 1.83. The standard InChI is InChI=1S/C14H15BrN2O3S/c1-9-4-3-5-11(14(9)15)17-21(18,19)13-7-6-10(16)8-12(13)20-2/h3-8,17H,16H2,1-2H3. The predicted molar refractivity (Wildman–Crippen MR) is 87.1 cm³/mol. The van der Waals surface area contributed by atoms with Crippen molar-refractivity contribution < 1.29 is 13.2 Å². The Labute approximate surface area is 132 Å². The van der Waals surface area contributed by atoms with E-state index in [4.69, 9.17) is 10.5 Å². The van der Waals surface area contributed by atoms with Gasteiger partial charge in [-0.3, -0.25) is 4.72 Å². The van der Waals surface area contributed by atoms with E-state index in [9.17, 15) is 8.42 Å². The Morgan fingerprint density at radius 1 is 1.24 bits per heavy atom. The Balaban J connectivity index is 2.46. The van der Waals surface area contributed by atoms with Crippen molar-refractivity contribution in [2.45, 2.75) is 11.8 Å². The molecule has 0 atom stereocenters. The molecule has 0 radical (unpaired) electrons. The monoisotopic (exact) mass is 370 g/mol. The second-order valence-electron chi connectivity index (χ2n) is 4.45. The summed E-state index contributed by atoms with van der Waals surface area (Å²) in [6.45, 7) is 1.88. The lowest BCUT2D eigenvalue weighted by Gasteiger charge is -2.13. The molecule has 3 N–H and O–H groups in total. The summed E-state index contributed by atoms with van der Waals surface area (Å²) in [5, 5.41) is 0. The van der Waals surface area contributed by atoms with Crippen LogP contribution in [0.2, 0.25) is 0 Å². The highest BCUT2D eigenvalue weighted by Gasteiger charge is 2.21. The Hall–Kier alpha value is -1.73. The number of nitrogens with two attached hydrogens (primary N) is 1. The van der Waals surface area contributed by atoms with Gasteiger partial charge in [-0.15, -0.1) is 0 Å². The van der Waals surface area contributed by atoms with Crippen molar-refractivity contribution in [1.29, 1.82) is 0 Å². The molecule has 112 valence electrons. The molecule has 0 aromatic heterocycles. The lowest BCUT2D eigenvalue weighted by atomic mass is 10.2. The van der Waals surface area contributed by atoms with Gasteiger partial charge in [-0.25, -0.2) is 8.42 Å². The fourth-order valence-corrected chi connectivity index (χ4v) is 3.55. The van der Waals surface area contributed by atoms with E-state index in [-0.39, 0.29) is 10.6 Å². The average Bonchev–Trinajstić information content (AvgIpc) is 2.43. The van der Waals surface area contributed by atoms with Crippen molar-refractivity contribution in [3.8, 4) is 5.75 Å². The summed E-state index contributed by atoms with van der Waals surface area (Å²) in [7, 11) is -2.37. The van der Waals surface area contributed by atoms with E-state index >= 15 is 0 Å². The largest absolute Gasteiger partial charge is 0.495 e. The molecule has 2 aromatic carbocycles. The number of nitrogen functional groups attached to an aromatic ring is 1. The number of methoxy groups -OCH3 is 1. The van der Waals surface area contributed by atoms with E-state index in [2.05, 4.69) is 20.7 Å². The zero-order valence-electron chi connectivity index (χ0n) is 11.6. The van der Waals surface area contributed by atoms with E-state index in [1.165, 1.54) is 25.3 Å². The maximum absolute atomic E-state index is 12.5. The number of hydrogen-bond acceptors (Lipinski definition) is 4. The summed E-state index contributed by atoms with van der Waals surface area (Å²) in [5.74, 6) is 0.200. The SMILES string of the molecule is COc1cc(N)ccc1S(=O)(=O)Nc1cccc(C)c1Br. The molecular formula is C14H15BrN2O3S. The summed E-state index contributed by atoms with van der Waals surface area (Å²) >= 11 is 3.37. The van der Waals surface area contributed by atoms with Crippen LogP contribution in [0.1, 0.15) is 5.56 Å². The van der Waals surface area contributed by atoms with Gasteiger partial charge in [-0.1, -0.05) is 12.1 Å². The number of anilines is 2. The molecule has 0 saturated heterocycles. The lowest BCUT2D eigenvalue weighted by molar-refractivity contribution is 0.403. The second kappa shape index (κ2) is 5.95. The number of rotatable bonds is 4. The van der Waals surface area contributed by atoms with E-state index < -0.39 is 10.0 Å². The molecule has 0 aliphatic carbocycles. The third kappa shape index (κ3) is 3.30. The molecule has 0 aliphatic rings. The Kier molecular flexibility index (Phi) is 4.43. The normalized spacial score (nSPS) is 11.2. The lowest BCUT2D eigenvalue weighted by Crippen LogP contribution is -2.14. The molecule has 0 amide bonds. The van der Waals surface area contributed by atoms with Crippen LogP contribution < -0.4 is 15.2 Å². The van der Waals surface area contributed by atoms with E-state index in [1.54, 1.807) is 12.1 Å². The van der Waals surface area contributed by atoms with E-state index in [1.807, 2.05) is 13.0 Å². The fraction of sp³-hybridized carbons (Fsp3) is 0.143. The summed E-state index contributed by atoms with van der Waals surface area (Å²) in [6.07, 6.45) is 0. The summed E-state index contributed by atoms with van der Waals surface area (Å²) in [5.41, 5.74) is 7.47. The van der Waals surface area contributed by atoms with Crippen molar-refractivity contribution in [2.75, 3.05) is 17.6 Å². The van der Waals surface area contributed by atoms with Gasteiger partial charge in [0.05, 0.1) is 12.8 Å². The van der Waals surface area contributed by atoms with Crippen molar-refractivity contribution in [3.05, 3.63) is 46.4 Å². The highest BCUT2D eigenvalue weighted by Crippen LogP contribution is 2.31. The Morgan fingerprint density at radius 3 is 2.62 bits per heavy atom. The second-order valence-corrected chi connectivity index (χ2v) is 6.90. The third-order valence-electron chi connectivity index (χ3n) is 2.91. The van der Waals surface area contributed by atoms with E-state index in [0.717, 1.165) is 5.56 Å². The van der Waals surface area contributed by atoms with Crippen LogP contribution in [-0.2, 0) is 10.0 Å². The zero-order valence-corrected chi connectivity index (χ0v) is 14.0. The Bertz CT molecular complexity index is 776. The number of halogens is 1. The van der Waals surface area contributed by atoms with Crippen molar-refractivity contribution in [1.82, 2.24) is 0 Å². The van der Waals surface area contributed by atoms with Gasteiger partial charge in [0.1, 0.15) is 10.6 Å². The maximum atomic E-state index is 12.5.